The molecule has 1 rings (SSSR count). The molecule has 100 valence electrons. The van der Waals surface area contributed by atoms with E-state index in [1.54, 1.807) is 18.2 Å². The molecule has 0 aliphatic rings. The van der Waals surface area contributed by atoms with Crippen LogP contribution in [0.4, 0.5) is 0 Å². The van der Waals surface area contributed by atoms with E-state index in [0.717, 1.165) is 5.56 Å². The van der Waals surface area contributed by atoms with E-state index in [2.05, 4.69) is 22.7 Å². The fourth-order valence-electron chi connectivity index (χ4n) is 1.35. The number of nitrogens with one attached hydrogen (secondary N) is 2. The van der Waals surface area contributed by atoms with Crippen LogP contribution in [0.25, 0.3) is 0 Å². The molecule has 0 atom stereocenters. The number of carbonyl (C=O) groups is 1. The minimum Gasteiger partial charge on any atom is -0.351 e. The van der Waals surface area contributed by atoms with Crippen molar-refractivity contribution in [2.24, 2.45) is 0 Å². The number of amides is 1. The number of carbonyl (C=O) groups excluding carboxylic acids is 1. The Morgan fingerprint density at radius 2 is 2.06 bits per heavy atom. The zero-order chi connectivity index (χ0) is 13.8. The zero-order valence-corrected chi connectivity index (χ0v) is 11.9. The molecule has 0 fully saturated rings. The van der Waals surface area contributed by atoms with Crippen molar-refractivity contribution in [3.63, 3.8) is 0 Å². The molecular formula is C11H16N2O3S2. The summed E-state index contributed by atoms with van der Waals surface area (Å²) in [6, 6.07) is 5.24. The third-order valence-electron chi connectivity index (χ3n) is 2.43. The standard InChI is InChI=1S/C11H16N2O3S2/c1-8-3-4-9(17)7-10(8)11(14)13-5-6-18(15,16)12-2/h3-4,7,12,17H,5-6H2,1-2H3,(H,13,14). The lowest BCUT2D eigenvalue weighted by Crippen LogP contribution is -2.33. The van der Waals surface area contributed by atoms with Crippen LogP contribution in [-0.2, 0) is 10.0 Å². The van der Waals surface area contributed by atoms with E-state index in [1.165, 1.54) is 7.05 Å². The van der Waals surface area contributed by atoms with Gasteiger partial charge in [-0.1, -0.05) is 6.07 Å². The van der Waals surface area contributed by atoms with Crippen molar-refractivity contribution in [3.8, 4) is 0 Å². The maximum atomic E-state index is 11.8. The van der Waals surface area contributed by atoms with Gasteiger partial charge in [-0.2, -0.15) is 0 Å². The van der Waals surface area contributed by atoms with Crippen LogP contribution in [0.2, 0.25) is 0 Å². The second-order valence-electron chi connectivity index (χ2n) is 3.78. The van der Waals surface area contributed by atoms with E-state index in [1.807, 2.05) is 6.92 Å². The fraction of sp³-hybridized carbons (Fsp3) is 0.364. The molecule has 1 aromatic carbocycles. The molecule has 0 saturated heterocycles. The van der Waals surface area contributed by atoms with E-state index in [4.69, 9.17) is 0 Å². The van der Waals surface area contributed by atoms with E-state index >= 15 is 0 Å². The van der Waals surface area contributed by atoms with Gasteiger partial charge in [-0.25, -0.2) is 13.1 Å². The van der Waals surface area contributed by atoms with E-state index in [9.17, 15) is 13.2 Å². The second-order valence-corrected chi connectivity index (χ2v) is 6.34. The molecule has 5 nitrogen and oxygen atoms in total. The van der Waals surface area contributed by atoms with Crippen molar-refractivity contribution in [2.75, 3.05) is 19.3 Å². The summed E-state index contributed by atoms with van der Waals surface area (Å²) in [4.78, 5) is 12.5. The molecule has 0 aliphatic carbocycles. The lowest BCUT2D eigenvalue weighted by Gasteiger charge is -2.08. The molecule has 2 N–H and O–H groups in total. The number of sulfonamides is 1. The van der Waals surface area contributed by atoms with Gasteiger partial charge < -0.3 is 5.32 Å². The molecule has 1 aromatic rings. The number of aryl methyl sites for hydroxylation is 1. The second kappa shape index (κ2) is 6.21. The molecule has 0 aliphatic heterocycles. The van der Waals surface area contributed by atoms with Gasteiger partial charge in [0, 0.05) is 17.0 Å². The van der Waals surface area contributed by atoms with Crippen LogP contribution in [0.15, 0.2) is 23.1 Å². The summed E-state index contributed by atoms with van der Waals surface area (Å²) in [5.74, 6) is -0.441. The molecule has 0 aromatic heterocycles. The Bertz CT molecular complexity index is 541. The van der Waals surface area contributed by atoms with Crippen molar-refractivity contribution in [2.45, 2.75) is 11.8 Å². The van der Waals surface area contributed by atoms with Crippen LogP contribution in [-0.4, -0.2) is 33.7 Å². The molecule has 0 bridgehead atoms. The number of rotatable bonds is 5. The highest BCUT2D eigenvalue weighted by molar-refractivity contribution is 7.89. The SMILES string of the molecule is CNS(=O)(=O)CCNC(=O)c1cc(S)ccc1C. The first-order chi connectivity index (χ1) is 8.35. The molecule has 0 unspecified atom stereocenters. The monoisotopic (exact) mass is 288 g/mol. The molecule has 7 heteroatoms. The van der Waals surface area contributed by atoms with Gasteiger partial charge in [0.25, 0.3) is 5.91 Å². The van der Waals surface area contributed by atoms with Gasteiger partial charge in [-0.3, -0.25) is 4.79 Å². The maximum Gasteiger partial charge on any atom is 0.251 e. The minimum atomic E-state index is -3.30. The smallest absolute Gasteiger partial charge is 0.251 e. The van der Waals surface area contributed by atoms with E-state index in [-0.39, 0.29) is 18.2 Å². The molecule has 0 saturated carbocycles. The summed E-state index contributed by atoms with van der Waals surface area (Å²) < 4.78 is 24.5. The summed E-state index contributed by atoms with van der Waals surface area (Å²) in [7, 11) is -1.96. The topological polar surface area (TPSA) is 75.3 Å². The summed E-state index contributed by atoms with van der Waals surface area (Å²) in [6.07, 6.45) is 0. The van der Waals surface area contributed by atoms with Crippen molar-refractivity contribution in [3.05, 3.63) is 29.3 Å². The Kier molecular flexibility index (Phi) is 5.18. The van der Waals surface area contributed by atoms with Gasteiger partial charge in [0.1, 0.15) is 0 Å². The van der Waals surface area contributed by atoms with E-state index in [0.29, 0.717) is 10.5 Å². The van der Waals surface area contributed by atoms with Gasteiger partial charge >= 0.3 is 0 Å². The van der Waals surface area contributed by atoms with Crippen LogP contribution in [0.1, 0.15) is 15.9 Å². The number of hydrogen-bond donors (Lipinski definition) is 3. The zero-order valence-electron chi connectivity index (χ0n) is 10.2. The molecule has 0 heterocycles. The Morgan fingerprint density at radius 1 is 1.39 bits per heavy atom. The minimum absolute atomic E-state index is 0.0677. The average molecular weight is 288 g/mol. The first-order valence-electron chi connectivity index (χ1n) is 5.35. The molecule has 0 radical (unpaired) electrons. The third-order valence-corrected chi connectivity index (χ3v) is 4.07. The van der Waals surface area contributed by atoms with Crippen LogP contribution < -0.4 is 10.0 Å². The normalized spacial score (nSPS) is 11.3. The lowest BCUT2D eigenvalue weighted by atomic mass is 10.1. The molecule has 1 amide bonds. The van der Waals surface area contributed by atoms with Gasteiger partial charge in [-0.15, -0.1) is 12.6 Å². The van der Waals surface area contributed by atoms with Gasteiger partial charge in [0.05, 0.1) is 5.75 Å². The van der Waals surface area contributed by atoms with Gasteiger partial charge in [0.15, 0.2) is 0 Å². The van der Waals surface area contributed by atoms with Crippen LogP contribution in [0.5, 0.6) is 0 Å². The van der Waals surface area contributed by atoms with Crippen LogP contribution >= 0.6 is 12.6 Å². The van der Waals surface area contributed by atoms with Crippen molar-refractivity contribution in [1.82, 2.24) is 10.0 Å². The first-order valence-corrected chi connectivity index (χ1v) is 7.44. The van der Waals surface area contributed by atoms with Gasteiger partial charge in [-0.05, 0) is 31.7 Å². The summed E-state index contributed by atoms with van der Waals surface area (Å²) in [5.41, 5.74) is 1.33. The highest BCUT2D eigenvalue weighted by Crippen LogP contribution is 2.13. The van der Waals surface area contributed by atoms with Crippen LogP contribution in [0, 0.1) is 6.92 Å². The summed E-state index contributed by atoms with van der Waals surface area (Å²) in [6.45, 7) is 1.88. The maximum absolute atomic E-state index is 11.8. The highest BCUT2D eigenvalue weighted by atomic mass is 32.2. The predicted octanol–water partition coefficient (Wildman–Crippen LogP) is 0.563. The fourth-order valence-corrected chi connectivity index (χ4v) is 2.13. The lowest BCUT2D eigenvalue weighted by molar-refractivity contribution is 0.0955. The Labute approximate surface area is 112 Å². The number of thiol groups is 1. The average Bonchev–Trinajstić information content (AvgIpc) is 2.32. The van der Waals surface area contributed by atoms with Crippen molar-refractivity contribution < 1.29 is 13.2 Å². The first kappa shape index (κ1) is 15.0. The molecular weight excluding hydrogens is 272 g/mol. The Hall–Kier alpha value is -1.05. The van der Waals surface area contributed by atoms with Crippen LogP contribution in [0.3, 0.4) is 0 Å². The quantitative estimate of drug-likeness (QED) is 0.693. The Balaban J connectivity index is 2.64. The summed E-state index contributed by atoms with van der Waals surface area (Å²) >= 11 is 4.16. The molecule has 18 heavy (non-hydrogen) atoms. The van der Waals surface area contributed by atoms with Crippen molar-refractivity contribution >= 4 is 28.6 Å². The van der Waals surface area contributed by atoms with Gasteiger partial charge in [0.2, 0.25) is 10.0 Å². The number of benzene rings is 1. The molecule has 0 spiro atoms. The highest BCUT2D eigenvalue weighted by Gasteiger charge is 2.11. The number of hydrogen-bond acceptors (Lipinski definition) is 4. The Morgan fingerprint density at radius 3 is 2.67 bits per heavy atom. The largest absolute Gasteiger partial charge is 0.351 e. The predicted molar refractivity (Wildman–Crippen MR) is 73.6 cm³/mol. The van der Waals surface area contributed by atoms with E-state index < -0.39 is 10.0 Å². The third kappa shape index (κ3) is 4.32. The summed E-state index contributed by atoms with van der Waals surface area (Å²) in [5, 5.41) is 2.57. The van der Waals surface area contributed by atoms with Crippen molar-refractivity contribution in [1.29, 1.82) is 0 Å².